The summed E-state index contributed by atoms with van der Waals surface area (Å²) in [6.45, 7) is 5.76. The maximum Gasteiger partial charge on any atom is 0.342 e. The van der Waals surface area contributed by atoms with E-state index >= 15 is 0 Å². The van der Waals surface area contributed by atoms with Crippen LogP contribution in [0, 0.1) is 0 Å². The number of aromatic nitrogens is 1. The van der Waals surface area contributed by atoms with E-state index in [0.29, 0.717) is 11.4 Å². The molecule has 7 nitrogen and oxygen atoms in total. The highest BCUT2D eigenvalue weighted by Gasteiger charge is 2.18. The lowest BCUT2D eigenvalue weighted by Gasteiger charge is -2.21. The van der Waals surface area contributed by atoms with Crippen LogP contribution in [-0.4, -0.2) is 30.6 Å². The quantitative estimate of drug-likeness (QED) is 0.798. The summed E-state index contributed by atoms with van der Waals surface area (Å²) in [5, 5.41) is 2.71. The molecule has 2 rings (SSSR count). The van der Waals surface area contributed by atoms with Crippen molar-refractivity contribution in [2.24, 2.45) is 0 Å². The van der Waals surface area contributed by atoms with E-state index in [-0.39, 0.29) is 16.8 Å². The average Bonchev–Trinajstić information content (AvgIpc) is 2.59. The van der Waals surface area contributed by atoms with Gasteiger partial charge in [-0.3, -0.25) is 4.79 Å². The van der Waals surface area contributed by atoms with Crippen molar-refractivity contribution in [2.75, 3.05) is 24.8 Å². The van der Waals surface area contributed by atoms with E-state index in [1.54, 1.807) is 12.1 Å². The third kappa shape index (κ3) is 4.72. The lowest BCUT2D eigenvalue weighted by Crippen LogP contribution is -2.22. The second kappa shape index (κ2) is 7.86. The van der Waals surface area contributed by atoms with E-state index in [9.17, 15) is 9.59 Å². The molecule has 0 aliphatic heterocycles. The van der Waals surface area contributed by atoms with Gasteiger partial charge in [0, 0.05) is 6.20 Å². The predicted molar refractivity (Wildman–Crippen MR) is 99.3 cm³/mol. The Labute approximate surface area is 152 Å². The lowest BCUT2D eigenvalue weighted by molar-refractivity contribution is -0.119. The van der Waals surface area contributed by atoms with Crippen LogP contribution in [0.2, 0.25) is 0 Å². The maximum atomic E-state index is 12.2. The number of carbonyl (C=O) groups excluding carboxylic acids is 2. The molecule has 1 heterocycles. The molecule has 0 aliphatic rings. The number of hydrogen-bond acceptors (Lipinski definition) is 6. The second-order valence-electron chi connectivity index (χ2n) is 6.73. The molecule has 0 bridgehead atoms. The molecule has 0 unspecified atom stereocenters. The van der Waals surface area contributed by atoms with Crippen molar-refractivity contribution in [1.82, 2.24) is 4.98 Å². The molecular formula is C19H23N3O4. The summed E-state index contributed by atoms with van der Waals surface area (Å²) < 4.78 is 10.3. The highest BCUT2D eigenvalue weighted by atomic mass is 16.5. The molecule has 1 amide bonds. The standard InChI is InChI=1S/C19H23N3O4/c1-19(2,3)12-7-8-15(25-4)14(10-12)22-16(23)11-26-18(24)13-6-5-9-21-17(13)20/h5-10H,11H2,1-4H3,(H2,20,21)(H,22,23). The Bertz CT molecular complexity index is 813. The van der Waals surface area contributed by atoms with Gasteiger partial charge in [0.15, 0.2) is 6.61 Å². The number of nitrogen functional groups attached to an aromatic ring is 1. The van der Waals surface area contributed by atoms with Crippen LogP contribution in [0.5, 0.6) is 5.75 Å². The van der Waals surface area contributed by atoms with E-state index in [2.05, 4.69) is 31.1 Å². The smallest absolute Gasteiger partial charge is 0.342 e. The Kier molecular flexibility index (Phi) is 5.82. The largest absolute Gasteiger partial charge is 0.495 e. The molecule has 1 aromatic heterocycles. The molecule has 0 saturated carbocycles. The zero-order valence-corrected chi connectivity index (χ0v) is 15.3. The van der Waals surface area contributed by atoms with E-state index < -0.39 is 18.5 Å². The Balaban J connectivity index is 2.05. The van der Waals surface area contributed by atoms with Crippen molar-refractivity contribution in [2.45, 2.75) is 26.2 Å². The van der Waals surface area contributed by atoms with Crippen molar-refractivity contribution in [3.63, 3.8) is 0 Å². The van der Waals surface area contributed by atoms with Gasteiger partial charge in [-0.1, -0.05) is 26.8 Å². The molecule has 0 atom stereocenters. The SMILES string of the molecule is COc1ccc(C(C)(C)C)cc1NC(=O)COC(=O)c1cccnc1N. The predicted octanol–water partition coefficient (Wildman–Crippen LogP) is 2.77. The first kappa shape index (κ1) is 19.2. The summed E-state index contributed by atoms with van der Waals surface area (Å²) in [6, 6.07) is 8.63. The number of hydrogen-bond donors (Lipinski definition) is 2. The summed E-state index contributed by atoms with van der Waals surface area (Å²) in [5.74, 6) is -0.613. The molecule has 0 radical (unpaired) electrons. The fourth-order valence-electron chi connectivity index (χ4n) is 2.26. The number of carbonyl (C=O) groups is 2. The summed E-state index contributed by atoms with van der Waals surface area (Å²) >= 11 is 0. The Hall–Kier alpha value is -3.09. The van der Waals surface area contributed by atoms with E-state index in [1.165, 1.54) is 19.4 Å². The van der Waals surface area contributed by atoms with Gasteiger partial charge in [-0.25, -0.2) is 9.78 Å². The van der Waals surface area contributed by atoms with E-state index in [4.69, 9.17) is 15.2 Å². The van der Waals surface area contributed by atoms with Crippen molar-refractivity contribution in [1.29, 1.82) is 0 Å². The minimum absolute atomic E-state index is 0.0532. The molecule has 2 aromatic rings. The highest BCUT2D eigenvalue weighted by Crippen LogP contribution is 2.31. The summed E-state index contributed by atoms with van der Waals surface area (Å²) in [5.41, 5.74) is 7.20. The van der Waals surface area contributed by atoms with Crippen LogP contribution >= 0.6 is 0 Å². The number of nitrogens with one attached hydrogen (secondary N) is 1. The van der Waals surface area contributed by atoms with Gasteiger partial charge >= 0.3 is 5.97 Å². The summed E-state index contributed by atoms with van der Waals surface area (Å²) in [7, 11) is 1.52. The van der Waals surface area contributed by atoms with E-state index in [1.807, 2.05) is 12.1 Å². The zero-order valence-electron chi connectivity index (χ0n) is 15.3. The number of pyridine rings is 1. The van der Waals surface area contributed by atoms with Gasteiger partial charge in [0.2, 0.25) is 0 Å². The third-order valence-electron chi connectivity index (χ3n) is 3.73. The molecule has 0 spiro atoms. The monoisotopic (exact) mass is 357 g/mol. The van der Waals surface area contributed by atoms with Gasteiger partial charge in [0.25, 0.3) is 5.91 Å². The molecule has 138 valence electrons. The molecule has 7 heteroatoms. The molecule has 0 aliphatic carbocycles. The van der Waals surface area contributed by atoms with E-state index in [0.717, 1.165) is 5.56 Å². The minimum Gasteiger partial charge on any atom is -0.495 e. The molecular weight excluding hydrogens is 334 g/mol. The van der Waals surface area contributed by atoms with Crippen LogP contribution in [0.4, 0.5) is 11.5 Å². The number of nitrogens with zero attached hydrogens (tertiary/aromatic N) is 1. The average molecular weight is 357 g/mol. The van der Waals surface area contributed by atoms with Gasteiger partial charge in [0.05, 0.1) is 12.8 Å². The van der Waals surface area contributed by atoms with Crippen molar-refractivity contribution < 1.29 is 19.1 Å². The van der Waals surface area contributed by atoms with Crippen molar-refractivity contribution >= 4 is 23.4 Å². The van der Waals surface area contributed by atoms with Crippen molar-refractivity contribution in [3.05, 3.63) is 47.7 Å². The number of methoxy groups -OCH3 is 1. The first-order valence-corrected chi connectivity index (χ1v) is 8.08. The fraction of sp³-hybridized carbons (Fsp3) is 0.316. The van der Waals surface area contributed by atoms with Crippen LogP contribution in [0.1, 0.15) is 36.7 Å². The number of anilines is 2. The maximum absolute atomic E-state index is 12.2. The molecule has 0 saturated heterocycles. The highest BCUT2D eigenvalue weighted by molar-refractivity contribution is 5.98. The number of ether oxygens (including phenoxy) is 2. The first-order chi connectivity index (χ1) is 12.2. The van der Waals surface area contributed by atoms with Gasteiger partial charge in [-0.05, 0) is 35.2 Å². The Morgan fingerprint density at radius 1 is 1.23 bits per heavy atom. The van der Waals surface area contributed by atoms with Crippen LogP contribution in [-0.2, 0) is 14.9 Å². The van der Waals surface area contributed by atoms with Gasteiger partial charge in [-0.15, -0.1) is 0 Å². The second-order valence-corrected chi connectivity index (χ2v) is 6.73. The molecule has 0 fully saturated rings. The van der Waals surface area contributed by atoms with Gasteiger partial charge in [0.1, 0.15) is 17.1 Å². The number of nitrogens with two attached hydrogens (primary N) is 1. The third-order valence-corrected chi connectivity index (χ3v) is 3.73. The Morgan fingerprint density at radius 2 is 1.96 bits per heavy atom. The number of benzene rings is 1. The van der Waals surface area contributed by atoms with Crippen LogP contribution < -0.4 is 15.8 Å². The minimum atomic E-state index is -0.707. The number of amides is 1. The van der Waals surface area contributed by atoms with Crippen LogP contribution in [0.3, 0.4) is 0 Å². The van der Waals surface area contributed by atoms with Crippen molar-refractivity contribution in [3.8, 4) is 5.75 Å². The molecule has 26 heavy (non-hydrogen) atoms. The topological polar surface area (TPSA) is 104 Å². The van der Waals surface area contributed by atoms with Gasteiger partial charge < -0.3 is 20.5 Å². The Morgan fingerprint density at radius 3 is 2.58 bits per heavy atom. The lowest BCUT2D eigenvalue weighted by atomic mass is 9.87. The number of rotatable bonds is 5. The normalized spacial score (nSPS) is 10.9. The van der Waals surface area contributed by atoms with Crippen LogP contribution in [0.15, 0.2) is 36.5 Å². The van der Waals surface area contributed by atoms with Crippen LogP contribution in [0.25, 0.3) is 0 Å². The fourth-order valence-corrected chi connectivity index (χ4v) is 2.26. The summed E-state index contributed by atoms with van der Waals surface area (Å²) in [6.07, 6.45) is 1.47. The molecule has 3 N–H and O–H groups in total. The summed E-state index contributed by atoms with van der Waals surface area (Å²) in [4.78, 5) is 28.0. The first-order valence-electron chi connectivity index (χ1n) is 8.08. The molecule has 1 aromatic carbocycles. The zero-order chi connectivity index (χ0) is 19.3. The van der Waals surface area contributed by atoms with Gasteiger partial charge in [-0.2, -0.15) is 0 Å². The number of esters is 1.